The molecule has 2 N–H and O–H groups in total. The van der Waals surface area contributed by atoms with Crippen LogP contribution in [-0.2, 0) is 4.79 Å². The first kappa shape index (κ1) is 22.0. The molecule has 0 radical (unpaired) electrons. The van der Waals surface area contributed by atoms with Gasteiger partial charge in [0.25, 0.3) is 0 Å². The van der Waals surface area contributed by atoms with Gasteiger partial charge in [-0.25, -0.2) is 15.0 Å². The van der Waals surface area contributed by atoms with Crippen molar-refractivity contribution in [1.29, 1.82) is 0 Å². The maximum Gasteiger partial charge on any atom is 0.303 e. The lowest BCUT2D eigenvalue weighted by Gasteiger charge is -2.28. The van der Waals surface area contributed by atoms with Gasteiger partial charge in [-0.1, -0.05) is 0 Å². The van der Waals surface area contributed by atoms with Crippen LogP contribution < -0.4 is 4.74 Å². The highest BCUT2D eigenvalue weighted by Crippen LogP contribution is 2.31. The molecule has 0 unspecified atom stereocenters. The number of aliphatic carboxylic acids is 1. The van der Waals surface area contributed by atoms with Crippen molar-refractivity contribution in [3.8, 4) is 28.5 Å². The first-order chi connectivity index (χ1) is 16.4. The van der Waals surface area contributed by atoms with E-state index in [9.17, 15) is 4.79 Å². The molecule has 4 aromatic heterocycles. The fraction of sp³-hybridized carbons (Fsp3) is 0.346. The van der Waals surface area contributed by atoms with E-state index < -0.39 is 5.97 Å². The number of carboxylic acid groups (broad SMARTS) is 1. The average Bonchev–Trinajstić information content (AvgIpc) is 3.24. The summed E-state index contributed by atoms with van der Waals surface area (Å²) >= 11 is 0. The molecule has 0 atom stereocenters. The Bertz CT molecular complexity index is 1320. The third-order valence-corrected chi connectivity index (χ3v) is 6.38. The summed E-state index contributed by atoms with van der Waals surface area (Å²) in [5.74, 6) is 0.905. The molecule has 0 aromatic carbocycles. The molecular weight excluding hydrogens is 430 g/mol. The maximum absolute atomic E-state index is 10.9. The summed E-state index contributed by atoms with van der Waals surface area (Å²) in [6.45, 7) is 3.93. The highest BCUT2D eigenvalue weighted by atomic mass is 16.5. The van der Waals surface area contributed by atoms with Crippen molar-refractivity contribution in [1.82, 2.24) is 24.9 Å². The molecule has 34 heavy (non-hydrogen) atoms. The molecule has 0 bridgehead atoms. The predicted molar refractivity (Wildman–Crippen MR) is 128 cm³/mol. The zero-order valence-electron chi connectivity index (χ0n) is 19.3. The SMILES string of the molecule is Cc1ccc2[nH]c(-c3ccc(-c4cnc(O[C@H]5CC[C@H](CC(=O)O)CC5)c(C)c4)nc3)nc2n1. The number of aromatic nitrogens is 5. The minimum Gasteiger partial charge on any atom is -0.481 e. The van der Waals surface area contributed by atoms with E-state index in [2.05, 4.69) is 24.9 Å². The normalized spacial score (nSPS) is 18.2. The molecule has 4 aromatic rings. The number of ether oxygens (including phenoxy) is 1. The topological polar surface area (TPSA) is 114 Å². The summed E-state index contributed by atoms with van der Waals surface area (Å²) in [7, 11) is 0. The molecule has 174 valence electrons. The number of carboxylic acids is 1. The molecule has 0 spiro atoms. The van der Waals surface area contributed by atoms with E-state index in [1.165, 1.54) is 0 Å². The van der Waals surface area contributed by atoms with E-state index >= 15 is 0 Å². The van der Waals surface area contributed by atoms with Gasteiger partial charge in [0.2, 0.25) is 5.88 Å². The van der Waals surface area contributed by atoms with Crippen LogP contribution in [0.2, 0.25) is 0 Å². The number of hydrogen-bond donors (Lipinski definition) is 2. The third-order valence-electron chi connectivity index (χ3n) is 6.38. The molecule has 1 aliphatic carbocycles. The number of aromatic amines is 1. The largest absolute Gasteiger partial charge is 0.481 e. The summed E-state index contributed by atoms with van der Waals surface area (Å²) in [6.07, 6.45) is 7.40. The second-order valence-corrected chi connectivity index (χ2v) is 9.05. The number of rotatable bonds is 6. The van der Waals surface area contributed by atoms with Gasteiger partial charge in [0.1, 0.15) is 11.9 Å². The van der Waals surface area contributed by atoms with Crippen LogP contribution >= 0.6 is 0 Å². The number of nitrogens with zero attached hydrogens (tertiary/aromatic N) is 4. The first-order valence-corrected chi connectivity index (χ1v) is 11.6. The molecule has 0 aliphatic heterocycles. The van der Waals surface area contributed by atoms with Gasteiger partial charge >= 0.3 is 5.97 Å². The van der Waals surface area contributed by atoms with Crippen molar-refractivity contribution in [3.05, 3.63) is 54.0 Å². The van der Waals surface area contributed by atoms with Gasteiger partial charge < -0.3 is 14.8 Å². The fourth-order valence-corrected chi connectivity index (χ4v) is 4.51. The standard InChI is InChI=1S/C26H27N5O3/c1-15-11-19(14-28-26(15)34-20-7-4-17(5-8-20)12-23(32)33)21-10-6-18(13-27-21)24-30-22-9-3-16(2)29-25(22)31-24/h3,6,9-11,13-14,17,20H,4-5,7-8,12H2,1-2H3,(H,32,33)(H,29,30,31)/t17-,20-. The lowest BCUT2D eigenvalue weighted by molar-refractivity contribution is -0.138. The summed E-state index contributed by atoms with van der Waals surface area (Å²) in [6, 6.07) is 9.92. The zero-order chi connectivity index (χ0) is 23.7. The zero-order valence-corrected chi connectivity index (χ0v) is 19.3. The minimum atomic E-state index is -0.719. The number of imidazole rings is 1. The van der Waals surface area contributed by atoms with Crippen molar-refractivity contribution in [3.63, 3.8) is 0 Å². The Kier molecular flexibility index (Phi) is 5.96. The molecule has 5 rings (SSSR count). The van der Waals surface area contributed by atoms with Crippen LogP contribution in [0.4, 0.5) is 0 Å². The molecule has 1 aliphatic rings. The number of aryl methyl sites for hydroxylation is 2. The van der Waals surface area contributed by atoms with Crippen molar-refractivity contribution >= 4 is 17.1 Å². The van der Waals surface area contributed by atoms with Gasteiger partial charge in [-0.15, -0.1) is 0 Å². The second-order valence-electron chi connectivity index (χ2n) is 9.05. The van der Waals surface area contributed by atoms with Crippen molar-refractivity contribution in [2.45, 2.75) is 52.1 Å². The van der Waals surface area contributed by atoms with Crippen LogP contribution in [0.3, 0.4) is 0 Å². The smallest absolute Gasteiger partial charge is 0.303 e. The van der Waals surface area contributed by atoms with E-state index in [0.29, 0.717) is 11.5 Å². The number of nitrogens with one attached hydrogen (secondary N) is 1. The Labute approximate surface area is 197 Å². The lowest BCUT2D eigenvalue weighted by atomic mass is 9.85. The number of H-pyrrole nitrogens is 1. The van der Waals surface area contributed by atoms with Crippen LogP contribution in [0, 0.1) is 19.8 Å². The summed E-state index contributed by atoms with van der Waals surface area (Å²) < 4.78 is 6.15. The van der Waals surface area contributed by atoms with Crippen LogP contribution in [0.15, 0.2) is 42.7 Å². The lowest BCUT2D eigenvalue weighted by Crippen LogP contribution is -2.25. The van der Waals surface area contributed by atoms with Crippen molar-refractivity contribution in [2.75, 3.05) is 0 Å². The Morgan fingerprint density at radius 1 is 1.03 bits per heavy atom. The Morgan fingerprint density at radius 3 is 2.53 bits per heavy atom. The van der Waals surface area contributed by atoms with Gasteiger partial charge in [0.15, 0.2) is 5.65 Å². The van der Waals surface area contributed by atoms with E-state index in [-0.39, 0.29) is 18.4 Å². The van der Waals surface area contributed by atoms with Crippen molar-refractivity contribution in [2.24, 2.45) is 5.92 Å². The molecule has 4 heterocycles. The predicted octanol–water partition coefficient (Wildman–Crippen LogP) is 5.11. The van der Waals surface area contributed by atoms with Crippen molar-refractivity contribution < 1.29 is 14.6 Å². The van der Waals surface area contributed by atoms with Gasteiger partial charge in [0.05, 0.1) is 11.2 Å². The fourth-order valence-electron chi connectivity index (χ4n) is 4.51. The van der Waals surface area contributed by atoms with Crippen LogP contribution in [0.1, 0.15) is 43.4 Å². The summed E-state index contributed by atoms with van der Waals surface area (Å²) in [4.78, 5) is 32.4. The maximum atomic E-state index is 10.9. The minimum absolute atomic E-state index is 0.0848. The van der Waals surface area contributed by atoms with E-state index in [1.807, 2.05) is 44.2 Å². The monoisotopic (exact) mass is 457 g/mol. The van der Waals surface area contributed by atoms with Crippen LogP contribution in [0.5, 0.6) is 5.88 Å². The first-order valence-electron chi connectivity index (χ1n) is 11.6. The Hall–Kier alpha value is -3.81. The third kappa shape index (κ3) is 4.76. The van der Waals surface area contributed by atoms with Gasteiger partial charge in [-0.05, 0) is 75.8 Å². The highest BCUT2D eigenvalue weighted by molar-refractivity contribution is 5.76. The highest BCUT2D eigenvalue weighted by Gasteiger charge is 2.24. The number of pyridine rings is 3. The van der Waals surface area contributed by atoms with E-state index in [4.69, 9.17) is 9.84 Å². The quantitative estimate of drug-likeness (QED) is 0.413. The average molecular weight is 458 g/mol. The van der Waals surface area contributed by atoms with E-state index in [0.717, 1.165) is 65.1 Å². The van der Waals surface area contributed by atoms with Crippen LogP contribution in [-0.4, -0.2) is 42.1 Å². The molecular formula is C26H27N5O3. The number of carbonyl (C=O) groups is 1. The Morgan fingerprint density at radius 2 is 1.82 bits per heavy atom. The molecule has 8 heteroatoms. The number of hydrogen-bond acceptors (Lipinski definition) is 6. The van der Waals surface area contributed by atoms with Crippen LogP contribution in [0.25, 0.3) is 33.8 Å². The van der Waals surface area contributed by atoms with Gasteiger partial charge in [-0.3, -0.25) is 9.78 Å². The second kappa shape index (κ2) is 9.21. The summed E-state index contributed by atoms with van der Waals surface area (Å²) in [5.41, 5.74) is 6.12. The number of fused-ring (bicyclic) bond motifs is 1. The Balaban J connectivity index is 1.26. The van der Waals surface area contributed by atoms with E-state index in [1.54, 1.807) is 12.4 Å². The van der Waals surface area contributed by atoms with Gasteiger partial charge in [-0.2, -0.15) is 0 Å². The molecule has 0 amide bonds. The molecule has 1 fully saturated rings. The molecule has 8 nitrogen and oxygen atoms in total. The molecule has 0 saturated heterocycles. The van der Waals surface area contributed by atoms with Gasteiger partial charge in [0, 0.05) is 41.2 Å². The molecule has 1 saturated carbocycles. The summed E-state index contributed by atoms with van der Waals surface area (Å²) in [5, 5.41) is 8.98.